The standard InChI is InChI=1S/C15H14BrNO4S/c1-20-14(18)13(11-7-12(16)22-9-11)17-15(19)21-8-10-5-3-2-4-6-10/h2-7,9,13H,8H2,1H3,(H,17,19). The van der Waals surface area contributed by atoms with Gasteiger partial charge in [-0.2, -0.15) is 0 Å². The molecule has 1 N–H and O–H groups in total. The van der Waals surface area contributed by atoms with E-state index in [0.29, 0.717) is 5.56 Å². The van der Waals surface area contributed by atoms with Gasteiger partial charge in [0.05, 0.1) is 10.9 Å². The van der Waals surface area contributed by atoms with E-state index in [1.807, 2.05) is 30.3 Å². The zero-order chi connectivity index (χ0) is 15.9. The molecule has 0 radical (unpaired) electrons. The molecule has 7 heteroatoms. The summed E-state index contributed by atoms with van der Waals surface area (Å²) in [7, 11) is 1.27. The summed E-state index contributed by atoms with van der Waals surface area (Å²) in [5, 5.41) is 4.28. The third-order valence-electron chi connectivity index (χ3n) is 2.83. The molecule has 0 saturated carbocycles. The second-order valence-corrected chi connectivity index (χ2v) is 6.64. The van der Waals surface area contributed by atoms with Gasteiger partial charge in [-0.1, -0.05) is 30.3 Å². The van der Waals surface area contributed by atoms with Gasteiger partial charge < -0.3 is 14.8 Å². The number of benzene rings is 1. The highest BCUT2D eigenvalue weighted by atomic mass is 79.9. The van der Waals surface area contributed by atoms with Gasteiger partial charge in [-0.15, -0.1) is 11.3 Å². The van der Waals surface area contributed by atoms with Crippen molar-refractivity contribution >= 4 is 39.3 Å². The fourth-order valence-electron chi connectivity index (χ4n) is 1.75. The SMILES string of the molecule is COC(=O)C(NC(=O)OCc1ccccc1)c1csc(Br)c1. The quantitative estimate of drug-likeness (QED) is 0.800. The molecule has 0 aliphatic rings. The molecule has 1 aromatic carbocycles. The molecule has 1 amide bonds. The second kappa shape index (κ2) is 7.95. The molecule has 116 valence electrons. The Labute approximate surface area is 140 Å². The summed E-state index contributed by atoms with van der Waals surface area (Å²) in [5.41, 5.74) is 1.51. The van der Waals surface area contributed by atoms with E-state index in [1.54, 1.807) is 11.4 Å². The van der Waals surface area contributed by atoms with Gasteiger partial charge in [0.25, 0.3) is 0 Å². The molecule has 0 saturated heterocycles. The molecule has 22 heavy (non-hydrogen) atoms. The van der Waals surface area contributed by atoms with Gasteiger partial charge in [0.2, 0.25) is 0 Å². The van der Waals surface area contributed by atoms with E-state index in [9.17, 15) is 9.59 Å². The maximum atomic E-state index is 11.9. The van der Waals surface area contributed by atoms with Gasteiger partial charge >= 0.3 is 12.1 Å². The lowest BCUT2D eigenvalue weighted by molar-refractivity contribution is -0.143. The Bertz CT molecular complexity index is 644. The Balaban J connectivity index is 1.98. The summed E-state index contributed by atoms with van der Waals surface area (Å²) in [6.07, 6.45) is -0.679. The van der Waals surface area contributed by atoms with Crippen molar-refractivity contribution in [2.75, 3.05) is 7.11 Å². The van der Waals surface area contributed by atoms with Crippen LogP contribution in [0, 0.1) is 0 Å². The van der Waals surface area contributed by atoms with Crippen LogP contribution in [-0.4, -0.2) is 19.2 Å². The first-order valence-corrected chi connectivity index (χ1v) is 8.06. The fourth-order valence-corrected chi connectivity index (χ4v) is 2.96. The van der Waals surface area contributed by atoms with E-state index >= 15 is 0 Å². The number of esters is 1. The number of methoxy groups -OCH3 is 1. The Hall–Kier alpha value is -1.86. The van der Waals surface area contributed by atoms with Crippen LogP contribution in [0.5, 0.6) is 0 Å². The first-order chi connectivity index (χ1) is 10.6. The van der Waals surface area contributed by atoms with Crippen LogP contribution >= 0.6 is 27.3 Å². The van der Waals surface area contributed by atoms with Gasteiger partial charge in [0, 0.05) is 0 Å². The molecule has 1 atom stereocenters. The van der Waals surface area contributed by atoms with E-state index in [1.165, 1.54) is 18.4 Å². The third-order valence-corrected chi connectivity index (χ3v) is 4.36. The Morgan fingerprint density at radius 3 is 2.64 bits per heavy atom. The van der Waals surface area contributed by atoms with Crippen LogP contribution in [0.15, 0.2) is 45.6 Å². The molecule has 1 aromatic heterocycles. The minimum Gasteiger partial charge on any atom is -0.467 e. The van der Waals surface area contributed by atoms with Crippen LogP contribution in [0.3, 0.4) is 0 Å². The van der Waals surface area contributed by atoms with Crippen molar-refractivity contribution in [3.63, 3.8) is 0 Å². The average molecular weight is 384 g/mol. The number of carbonyl (C=O) groups is 2. The van der Waals surface area contributed by atoms with Crippen molar-refractivity contribution in [3.05, 3.63) is 56.7 Å². The lowest BCUT2D eigenvalue weighted by Gasteiger charge is -2.15. The lowest BCUT2D eigenvalue weighted by atomic mass is 10.1. The first kappa shape index (κ1) is 16.5. The number of thiophene rings is 1. The van der Waals surface area contributed by atoms with E-state index < -0.39 is 18.1 Å². The van der Waals surface area contributed by atoms with Gasteiger partial charge in [-0.05, 0) is 38.5 Å². The van der Waals surface area contributed by atoms with Gasteiger partial charge in [0.15, 0.2) is 6.04 Å². The molecule has 1 unspecified atom stereocenters. The molecular weight excluding hydrogens is 370 g/mol. The maximum absolute atomic E-state index is 11.9. The maximum Gasteiger partial charge on any atom is 0.408 e. The minimum atomic E-state index is -0.893. The second-order valence-electron chi connectivity index (χ2n) is 4.35. The highest BCUT2D eigenvalue weighted by Crippen LogP contribution is 2.26. The third kappa shape index (κ3) is 4.57. The molecule has 1 heterocycles. The van der Waals surface area contributed by atoms with Crippen LogP contribution in [-0.2, 0) is 20.9 Å². The number of ether oxygens (including phenoxy) is 2. The number of halogens is 1. The largest absolute Gasteiger partial charge is 0.467 e. The molecule has 0 spiro atoms. The number of nitrogens with one attached hydrogen (secondary N) is 1. The topological polar surface area (TPSA) is 64.6 Å². The molecule has 0 aliphatic heterocycles. The van der Waals surface area contributed by atoms with Crippen LogP contribution in [0.4, 0.5) is 4.79 Å². The predicted molar refractivity (Wildman–Crippen MR) is 86.5 cm³/mol. The summed E-state index contributed by atoms with van der Waals surface area (Å²) in [6, 6.07) is 10.2. The zero-order valence-corrected chi connectivity index (χ0v) is 14.1. The highest BCUT2D eigenvalue weighted by molar-refractivity contribution is 9.11. The van der Waals surface area contributed by atoms with Crippen molar-refractivity contribution in [3.8, 4) is 0 Å². The smallest absolute Gasteiger partial charge is 0.408 e. The zero-order valence-electron chi connectivity index (χ0n) is 11.7. The Morgan fingerprint density at radius 1 is 1.32 bits per heavy atom. The number of hydrogen-bond acceptors (Lipinski definition) is 5. The van der Waals surface area contributed by atoms with Gasteiger partial charge in [-0.3, -0.25) is 0 Å². The number of alkyl carbamates (subject to hydrolysis) is 1. The number of amides is 1. The van der Waals surface area contributed by atoms with E-state index in [2.05, 4.69) is 21.2 Å². The van der Waals surface area contributed by atoms with Crippen LogP contribution < -0.4 is 5.32 Å². The number of hydrogen-bond donors (Lipinski definition) is 1. The normalized spacial score (nSPS) is 11.5. The monoisotopic (exact) mass is 383 g/mol. The summed E-state index contributed by atoms with van der Waals surface area (Å²) >= 11 is 4.74. The van der Waals surface area contributed by atoms with Crippen LogP contribution in [0.2, 0.25) is 0 Å². The van der Waals surface area contributed by atoms with Crippen molar-refractivity contribution in [2.24, 2.45) is 0 Å². The molecule has 2 aromatic rings. The van der Waals surface area contributed by atoms with Crippen molar-refractivity contribution < 1.29 is 19.1 Å². The number of carbonyl (C=O) groups excluding carboxylic acids is 2. The lowest BCUT2D eigenvalue weighted by Crippen LogP contribution is -2.34. The van der Waals surface area contributed by atoms with E-state index in [0.717, 1.165) is 9.35 Å². The van der Waals surface area contributed by atoms with Gasteiger partial charge in [0.1, 0.15) is 6.61 Å². The summed E-state index contributed by atoms with van der Waals surface area (Å²) in [5.74, 6) is -0.554. The highest BCUT2D eigenvalue weighted by Gasteiger charge is 2.25. The minimum absolute atomic E-state index is 0.133. The summed E-state index contributed by atoms with van der Waals surface area (Å²) < 4.78 is 10.7. The predicted octanol–water partition coefficient (Wildman–Crippen LogP) is 3.65. The Kier molecular flexibility index (Phi) is 5.97. The van der Waals surface area contributed by atoms with Crippen LogP contribution in [0.1, 0.15) is 17.2 Å². The molecular formula is C15H14BrNO4S. The van der Waals surface area contributed by atoms with Gasteiger partial charge in [-0.25, -0.2) is 9.59 Å². The summed E-state index contributed by atoms with van der Waals surface area (Å²) in [4.78, 5) is 23.7. The van der Waals surface area contributed by atoms with Crippen molar-refractivity contribution in [2.45, 2.75) is 12.6 Å². The number of rotatable bonds is 5. The molecule has 2 rings (SSSR count). The summed E-state index contributed by atoms with van der Waals surface area (Å²) in [6.45, 7) is 0.133. The molecule has 0 aliphatic carbocycles. The van der Waals surface area contributed by atoms with Crippen molar-refractivity contribution in [1.29, 1.82) is 0 Å². The van der Waals surface area contributed by atoms with E-state index in [-0.39, 0.29) is 6.61 Å². The van der Waals surface area contributed by atoms with Crippen LogP contribution in [0.25, 0.3) is 0 Å². The first-order valence-electron chi connectivity index (χ1n) is 6.39. The average Bonchev–Trinajstić information content (AvgIpc) is 2.97. The van der Waals surface area contributed by atoms with E-state index in [4.69, 9.17) is 9.47 Å². The molecule has 5 nitrogen and oxygen atoms in total. The fraction of sp³-hybridized carbons (Fsp3) is 0.200. The van der Waals surface area contributed by atoms with Crippen molar-refractivity contribution in [1.82, 2.24) is 5.32 Å². The molecule has 0 fully saturated rings. The Morgan fingerprint density at radius 2 is 2.05 bits per heavy atom. The molecule has 0 bridgehead atoms.